The number of hydrogen-bond acceptors (Lipinski definition) is 5. The Kier molecular flexibility index (Phi) is 6.25. The van der Waals surface area contributed by atoms with E-state index in [0.29, 0.717) is 41.3 Å². The van der Waals surface area contributed by atoms with Gasteiger partial charge in [0, 0.05) is 35.6 Å². The first-order valence-electron chi connectivity index (χ1n) is 11.6. The molecular formula is C26H31BrFN3O3. The molecule has 1 atom stereocenters. The van der Waals surface area contributed by atoms with Crippen LogP contribution in [0, 0.1) is 23.6 Å². The number of Topliss-reactive ketones (excluding diaryl/α,β-unsaturated/α-hetero) is 1. The molecule has 1 saturated carbocycles. The molecule has 182 valence electrons. The van der Waals surface area contributed by atoms with Crippen LogP contribution < -0.4 is 4.90 Å². The maximum Gasteiger partial charge on any atom is 0.342 e. The average molecular weight is 532 g/mol. The molecule has 2 fully saturated rings. The lowest BCUT2D eigenvalue weighted by atomic mass is 9.94. The topological polar surface area (TPSA) is 75.4 Å². The minimum atomic E-state index is -0.702. The predicted molar refractivity (Wildman–Crippen MR) is 134 cm³/mol. The van der Waals surface area contributed by atoms with Crippen LogP contribution in [0.4, 0.5) is 10.2 Å². The van der Waals surface area contributed by atoms with E-state index in [0.717, 1.165) is 29.4 Å². The number of benzene rings is 1. The maximum absolute atomic E-state index is 14.1. The number of aromatic nitrogens is 1. The Hall–Kier alpha value is -2.48. The molecule has 1 aromatic heterocycles. The van der Waals surface area contributed by atoms with Crippen LogP contribution in [-0.4, -0.2) is 40.7 Å². The van der Waals surface area contributed by atoms with Crippen molar-refractivity contribution in [1.82, 2.24) is 4.57 Å². The maximum atomic E-state index is 14.1. The number of piperidine rings is 1. The normalized spacial score (nSPS) is 20.1. The summed E-state index contributed by atoms with van der Waals surface area (Å²) in [6.45, 7) is 10.2. The molecule has 1 saturated heterocycles. The molecule has 2 heterocycles. The Morgan fingerprint density at radius 1 is 1.29 bits per heavy atom. The van der Waals surface area contributed by atoms with Crippen LogP contribution >= 0.6 is 15.9 Å². The fourth-order valence-electron chi connectivity index (χ4n) is 5.07. The number of nitrogens with zero attached hydrogens (tertiary/aromatic N) is 2. The van der Waals surface area contributed by atoms with Gasteiger partial charge >= 0.3 is 5.97 Å². The van der Waals surface area contributed by atoms with E-state index in [1.807, 2.05) is 25.3 Å². The van der Waals surface area contributed by atoms with Gasteiger partial charge in [-0.3, -0.25) is 4.79 Å². The molecule has 0 radical (unpaired) electrons. The molecule has 8 heteroatoms. The van der Waals surface area contributed by atoms with Crippen LogP contribution in [0.2, 0.25) is 0 Å². The molecule has 4 rings (SSSR count). The highest BCUT2D eigenvalue weighted by atomic mass is 79.9. The van der Waals surface area contributed by atoms with Gasteiger partial charge in [0.1, 0.15) is 22.8 Å². The smallest absolute Gasteiger partial charge is 0.342 e. The third-order valence-corrected chi connectivity index (χ3v) is 7.43. The summed E-state index contributed by atoms with van der Waals surface area (Å²) in [7, 11) is 0. The number of rotatable bonds is 5. The van der Waals surface area contributed by atoms with Crippen molar-refractivity contribution in [2.24, 2.45) is 5.41 Å². The number of ether oxygens (including phenoxy) is 1. The summed E-state index contributed by atoms with van der Waals surface area (Å²) < 4.78 is 22.4. The van der Waals surface area contributed by atoms with Gasteiger partial charge in [0.25, 0.3) is 0 Å². The number of carbonyl (C=O) groups excluding carboxylic acids is 2. The van der Waals surface area contributed by atoms with Gasteiger partial charge in [-0.2, -0.15) is 0 Å². The first-order valence-corrected chi connectivity index (χ1v) is 12.4. The second-order valence-corrected chi connectivity index (χ2v) is 11.4. The van der Waals surface area contributed by atoms with E-state index in [1.54, 1.807) is 13.0 Å². The zero-order chi connectivity index (χ0) is 25.0. The SMILES string of the molecule is CC(=O)c1c(C)c(C(=O)OC(C)(C)C)c(N2CCCC3(CC3=N)C2)n1Cc1cc(F)ccc1Br. The second-order valence-electron chi connectivity index (χ2n) is 10.5. The Bertz CT molecular complexity index is 1200. The highest BCUT2D eigenvalue weighted by Crippen LogP contribution is 2.50. The number of nitrogens with one attached hydrogen (secondary N) is 1. The quantitative estimate of drug-likeness (QED) is 0.384. The Labute approximate surface area is 208 Å². The number of halogens is 2. The predicted octanol–water partition coefficient (Wildman–Crippen LogP) is 5.91. The lowest BCUT2D eigenvalue weighted by Gasteiger charge is -2.35. The molecule has 0 amide bonds. The van der Waals surface area contributed by atoms with Crippen molar-refractivity contribution in [3.05, 3.63) is 50.9 Å². The summed E-state index contributed by atoms with van der Waals surface area (Å²) in [6.07, 6.45) is 2.61. The van der Waals surface area contributed by atoms with Gasteiger partial charge in [0.2, 0.25) is 0 Å². The van der Waals surface area contributed by atoms with E-state index in [9.17, 15) is 14.0 Å². The third kappa shape index (κ3) is 4.57. The molecule has 2 aromatic rings. The summed E-state index contributed by atoms with van der Waals surface area (Å²) in [5.74, 6) is -0.410. The van der Waals surface area contributed by atoms with E-state index in [2.05, 4.69) is 20.8 Å². The van der Waals surface area contributed by atoms with Gasteiger partial charge in [-0.1, -0.05) is 15.9 Å². The average Bonchev–Trinajstić information content (AvgIpc) is 3.20. The summed E-state index contributed by atoms with van der Waals surface area (Å²) >= 11 is 3.50. The minimum Gasteiger partial charge on any atom is -0.456 e. The molecule has 2 aliphatic rings. The third-order valence-electron chi connectivity index (χ3n) is 6.66. The lowest BCUT2D eigenvalue weighted by Crippen LogP contribution is -2.40. The zero-order valence-electron chi connectivity index (χ0n) is 20.3. The van der Waals surface area contributed by atoms with E-state index in [4.69, 9.17) is 10.1 Å². The molecular weight excluding hydrogens is 501 g/mol. The van der Waals surface area contributed by atoms with Gasteiger partial charge < -0.3 is 19.6 Å². The molecule has 1 N–H and O–H groups in total. The number of ketones is 1. The van der Waals surface area contributed by atoms with Crippen LogP contribution in [-0.2, 0) is 11.3 Å². The fourth-order valence-corrected chi connectivity index (χ4v) is 5.44. The van der Waals surface area contributed by atoms with Crippen LogP contribution in [0.15, 0.2) is 22.7 Å². The van der Waals surface area contributed by atoms with Gasteiger partial charge in [-0.25, -0.2) is 9.18 Å². The summed E-state index contributed by atoms with van der Waals surface area (Å²) in [5, 5.41) is 8.24. The summed E-state index contributed by atoms with van der Waals surface area (Å²) in [5.41, 5.74) is 1.91. The molecule has 6 nitrogen and oxygen atoms in total. The Morgan fingerprint density at radius 2 is 1.97 bits per heavy atom. The van der Waals surface area contributed by atoms with Gasteiger partial charge in [-0.15, -0.1) is 0 Å². The number of carbonyl (C=O) groups is 2. The Morgan fingerprint density at radius 3 is 2.56 bits per heavy atom. The van der Waals surface area contributed by atoms with Crippen LogP contribution in [0.25, 0.3) is 0 Å². The van der Waals surface area contributed by atoms with E-state index in [-0.39, 0.29) is 23.6 Å². The molecule has 1 spiro atoms. The summed E-state index contributed by atoms with van der Waals surface area (Å²) in [6, 6.07) is 4.46. The van der Waals surface area contributed by atoms with Gasteiger partial charge in [-0.05, 0) is 76.3 Å². The van der Waals surface area contributed by atoms with E-state index >= 15 is 0 Å². The van der Waals surface area contributed by atoms with Crippen molar-refractivity contribution in [2.75, 3.05) is 18.0 Å². The monoisotopic (exact) mass is 531 g/mol. The van der Waals surface area contributed by atoms with E-state index in [1.165, 1.54) is 19.1 Å². The standard InChI is InChI=1S/C26H31BrFN3O3/c1-15-21(24(33)34-25(3,4)5)23(30-10-6-9-26(14-30)12-20(26)29)31(22(15)16(2)32)13-17-11-18(28)7-8-19(17)27/h7-8,11,29H,6,9-10,12-14H2,1-5H3. The van der Waals surface area contributed by atoms with Crippen molar-refractivity contribution in [1.29, 1.82) is 5.41 Å². The largest absolute Gasteiger partial charge is 0.456 e. The zero-order valence-corrected chi connectivity index (χ0v) is 21.9. The first-order chi connectivity index (χ1) is 15.8. The number of anilines is 1. The van der Waals surface area contributed by atoms with Crippen molar-refractivity contribution in [3.63, 3.8) is 0 Å². The van der Waals surface area contributed by atoms with Crippen LogP contribution in [0.5, 0.6) is 0 Å². The highest BCUT2D eigenvalue weighted by molar-refractivity contribution is 9.10. The molecule has 0 bridgehead atoms. The van der Waals surface area contributed by atoms with Crippen molar-refractivity contribution in [2.45, 2.75) is 66.0 Å². The first kappa shape index (κ1) is 24.6. The summed E-state index contributed by atoms with van der Waals surface area (Å²) in [4.78, 5) is 28.5. The molecule has 34 heavy (non-hydrogen) atoms. The number of hydrogen-bond donors (Lipinski definition) is 1. The van der Waals surface area contributed by atoms with Crippen LogP contribution in [0.3, 0.4) is 0 Å². The van der Waals surface area contributed by atoms with E-state index < -0.39 is 11.6 Å². The lowest BCUT2D eigenvalue weighted by molar-refractivity contribution is 0.00694. The molecule has 1 unspecified atom stereocenters. The molecule has 1 aliphatic heterocycles. The number of esters is 1. The van der Waals surface area contributed by atoms with Crippen molar-refractivity contribution in [3.8, 4) is 0 Å². The van der Waals surface area contributed by atoms with Crippen molar-refractivity contribution < 1.29 is 18.7 Å². The minimum absolute atomic E-state index is 0.151. The van der Waals surface area contributed by atoms with Gasteiger partial charge in [0.05, 0.1) is 12.2 Å². The fraction of sp³-hybridized carbons (Fsp3) is 0.500. The Balaban J connectivity index is 1.91. The van der Waals surface area contributed by atoms with Crippen molar-refractivity contribution >= 4 is 39.2 Å². The highest BCUT2D eigenvalue weighted by Gasteiger charge is 2.52. The second kappa shape index (κ2) is 8.63. The molecule has 1 aliphatic carbocycles. The molecule has 1 aromatic carbocycles. The van der Waals surface area contributed by atoms with Crippen LogP contribution in [0.1, 0.15) is 78.9 Å². The van der Waals surface area contributed by atoms with Gasteiger partial charge in [0.15, 0.2) is 5.78 Å².